The topological polar surface area (TPSA) is 113 Å². The van der Waals surface area contributed by atoms with E-state index in [1.165, 1.54) is 38.2 Å². The molecule has 2 heterocycles. The molecule has 8 nitrogen and oxygen atoms in total. The number of benzene rings is 1. The van der Waals surface area contributed by atoms with Crippen molar-refractivity contribution in [1.82, 2.24) is 9.80 Å². The van der Waals surface area contributed by atoms with Crippen molar-refractivity contribution < 1.29 is 23.1 Å². The van der Waals surface area contributed by atoms with Gasteiger partial charge in [0, 0.05) is 32.2 Å². The lowest BCUT2D eigenvalue weighted by atomic mass is 9.96. The van der Waals surface area contributed by atoms with Gasteiger partial charge in [0.2, 0.25) is 10.0 Å². The minimum atomic E-state index is -3.92. The van der Waals surface area contributed by atoms with Crippen LogP contribution in [0.4, 0.5) is 0 Å². The maximum atomic E-state index is 13.1. The zero-order valence-electron chi connectivity index (χ0n) is 15.5. The molecule has 0 aliphatic carbocycles. The quantitative estimate of drug-likeness (QED) is 0.705. The van der Waals surface area contributed by atoms with Crippen LogP contribution in [-0.4, -0.2) is 75.7 Å². The van der Waals surface area contributed by atoms with Crippen molar-refractivity contribution in [3.63, 3.8) is 0 Å². The van der Waals surface area contributed by atoms with E-state index in [4.69, 9.17) is 9.88 Å². The molecule has 0 spiro atoms. The van der Waals surface area contributed by atoms with Gasteiger partial charge < -0.3 is 19.6 Å². The number of amides is 1. The summed E-state index contributed by atoms with van der Waals surface area (Å²) in [5, 5.41) is 15.0. The summed E-state index contributed by atoms with van der Waals surface area (Å²) in [5.74, 6) is 0.210. The summed E-state index contributed by atoms with van der Waals surface area (Å²) in [7, 11) is -2.49. The fourth-order valence-electron chi connectivity index (χ4n) is 4.02. The second kappa shape index (κ2) is 8.14. The molecule has 150 valence electrons. The van der Waals surface area contributed by atoms with Crippen LogP contribution in [0.3, 0.4) is 0 Å². The number of ether oxygens (including phenoxy) is 1. The van der Waals surface area contributed by atoms with Gasteiger partial charge in [0.05, 0.1) is 17.6 Å². The van der Waals surface area contributed by atoms with E-state index in [1.54, 1.807) is 4.90 Å². The van der Waals surface area contributed by atoms with E-state index in [2.05, 4.69) is 4.90 Å². The highest BCUT2D eigenvalue weighted by atomic mass is 32.2. The Hall–Kier alpha value is -1.68. The molecule has 0 saturated carbocycles. The van der Waals surface area contributed by atoms with Crippen LogP contribution in [0, 0.1) is 11.8 Å². The van der Waals surface area contributed by atoms with E-state index < -0.39 is 10.0 Å². The third kappa shape index (κ3) is 4.43. The van der Waals surface area contributed by atoms with Gasteiger partial charge in [0.1, 0.15) is 5.75 Å². The summed E-state index contributed by atoms with van der Waals surface area (Å²) in [6.07, 6.45) is 2.38. The molecule has 0 bridgehead atoms. The first-order valence-corrected chi connectivity index (χ1v) is 10.7. The Morgan fingerprint density at radius 2 is 1.93 bits per heavy atom. The maximum Gasteiger partial charge on any atom is 0.257 e. The zero-order chi connectivity index (χ0) is 19.6. The van der Waals surface area contributed by atoms with Gasteiger partial charge in [0.15, 0.2) is 0 Å². The van der Waals surface area contributed by atoms with Crippen LogP contribution in [0.5, 0.6) is 5.75 Å². The third-order valence-electron chi connectivity index (χ3n) is 5.52. The van der Waals surface area contributed by atoms with Crippen LogP contribution in [0.2, 0.25) is 0 Å². The molecule has 2 aliphatic heterocycles. The number of hydrogen-bond acceptors (Lipinski definition) is 6. The number of hydrogen-bond donors (Lipinski definition) is 2. The van der Waals surface area contributed by atoms with Gasteiger partial charge in [-0.15, -0.1) is 0 Å². The molecule has 0 aromatic heterocycles. The van der Waals surface area contributed by atoms with Gasteiger partial charge in [-0.25, -0.2) is 13.6 Å². The number of carbonyl (C=O) groups is 1. The number of likely N-dealkylation sites (tertiary alicyclic amines) is 2. The van der Waals surface area contributed by atoms with Gasteiger partial charge in [-0.05, 0) is 50.0 Å². The summed E-state index contributed by atoms with van der Waals surface area (Å²) < 4.78 is 28.5. The Kier molecular flexibility index (Phi) is 6.05. The minimum Gasteiger partial charge on any atom is -0.496 e. The van der Waals surface area contributed by atoms with Gasteiger partial charge in [-0.3, -0.25) is 4.79 Å². The number of aliphatic hydroxyl groups is 1. The van der Waals surface area contributed by atoms with Gasteiger partial charge >= 0.3 is 0 Å². The smallest absolute Gasteiger partial charge is 0.257 e. The van der Waals surface area contributed by atoms with E-state index in [-0.39, 0.29) is 34.8 Å². The lowest BCUT2D eigenvalue weighted by Crippen LogP contribution is -2.33. The summed E-state index contributed by atoms with van der Waals surface area (Å²) in [4.78, 5) is 17.0. The number of aliphatic hydroxyl groups excluding tert-OH is 1. The highest BCUT2D eigenvalue weighted by Gasteiger charge is 2.37. The summed E-state index contributed by atoms with van der Waals surface area (Å²) >= 11 is 0. The monoisotopic (exact) mass is 397 g/mol. The van der Waals surface area contributed by atoms with Crippen molar-refractivity contribution in [2.75, 3.05) is 46.4 Å². The molecule has 3 rings (SSSR count). The standard InChI is InChI=1S/C18H27N3O5S/c1-26-17-5-4-15(27(19,24)25)8-16(17)18(23)21-10-13(14(11-21)12-22)9-20-6-2-3-7-20/h4-5,8,13-14,22H,2-3,6-7,9-12H2,1H3,(H2,19,24,25)/t13-,14-/m1/s1. The molecule has 2 fully saturated rings. The molecular weight excluding hydrogens is 370 g/mol. The molecule has 27 heavy (non-hydrogen) atoms. The van der Waals surface area contributed by atoms with Crippen LogP contribution in [0.25, 0.3) is 0 Å². The second-order valence-electron chi connectivity index (χ2n) is 7.33. The SMILES string of the molecule is COc1ccc(S(N)(=O)=O)cc1C(=O)N1C[C@@H](CN2CCCC2)[C@@H](CO)C1. The number of nitrogens with zero attached hydrogens (tertiary/aromatic N) is 2. The van der Waals surface area contributed by atoms with E-state index in [9.17, 15) is 18.3 Å². The molecule has 3 N–H and O–H groups in total. The molecule has 9 heteroatoms. The summed E-state index contributed by atoms with van der Waals surface area (Å²) in [6, 6.07) is 4.02. The Morgan fingerprint density at radius 1 is 1.26 bits per heavy atom. The fourth-order valence-corrected chi connectivity index (χ4v) is 4.56. The molecule has 1 amide bonds. The number of carbonyl (C=O) groups excluding carboxylic acids is 1. The van der Waals surface area contributed by atoms with Crippen molar-refractivity contribution in [1.29, 1.82) is 0 Å². The minimum absolute atomic E-state index is 0.0157. The van der Waals surface area contributed by atoms with E-state index in [0.717, 1.165) is 19.6 Å². The van der Waals surface area contributed by atoms with Crippen molar-refractivity contribution >= 4 is 15.9 Å². The molecule has 1 aromatic rings. The molecular formula is C18H27N3O5S. The average molecular weight is 397 g/mol. The predicted octanol–water partition coefficient (Wildman–Crippen LogP) is 0.119. The van der Waals surface area contributed by atoms with E-state index >= 15 is 0 Å². The second-order valence-corrected chi connectivity index (χ2v) is 8.89. The molecule has 0 radical (unpaired) electrons. The van der Waals surface area contributed by atoms with Crippen LogP contribution < -0.4 is 9.88 Å². The van der Waals surface area contributed by atoms with Crippen molar-refractivity contribution in [2.45, 2.75) is 17.7 Å². The van der Waals surface area contributed by atoms with Crippen LogP contribution in [-0.2, 0) is 10.0 Å². The van der Waals surface area contributed by atoms with Crippen molar-refractivity contribution in [3.05, 3.63) is 23.8 Å². The number of nitrogens with two attached hydrogens (primary N) is 1. The Labute approximate surface area is 159 Å². The highest BCUT2D eigenvalue weighted by Crippen LogP contribution is 2.30. The van der Waals surface area contributed by atoms with E-state index in [1.807, 2.05) is 0 Å². The first kappa shape index (κ1) is 20.1. The zero-order valence-corrected chi connectivity index (χ0v) is 16.3. The largest absolute Gasteiger partial charge is 0.496 e. The van der Waals surface area contributed by atoms with Crippen LogP contribution in [0.1, 0.15) is 23.2 Å². The number of methoxy groups -OCH3 is 1. The van der Waals surface area contributed by atoms with Crippen LogP contribution >= 0.6 is 0 Å². The molecule has 2 aliphatic rings. The van der Waals surface area contributed by atoms with Gasteiger partial charge in [-0.2, -0.15) is 0 Å². The fraction of sp³-hybridized carbons (Fsp3) is 0.611. The lowest BCUT2D eigenvalue weighted by molar-refractivity contribution is 0.0775. The number of sulfonamides is 1. The van der Waals surface area contributed by atoms with Gasteiger partial charge in [0.25, 0.3) is 5.91 Å². The van der Waals surface area contributed by atoms with Gasteiger partial charge in [-0.1, -0.05) is 0 Å². The Bertz CT molecular complexity index is 792. The number of rotatable bonds is 6. The lowest BCUT2D eigenvalue weighted by Gasteiger charge is -2.23. The first-order chi connectivity index (χ1) is 12.8. The summed E-state index contributed by atoms with van der Waals surface area (Å²) in [5.41, 5.74) is 0.169. The Balaban J connectivity index is 1.80. The first-order valence-electron chi connectivity index (χ1n) is 9.16. The van der Waals surface area contributed by atoms with E-state index in [0.29, 0.717) is 18.8 Å². The molecule has 2 saturated heterocycles. The average Bonchev–Trinajstić information content (AvgIpc) is 3.29. The highest BCUT2D eigenvalue weighted by molar-refractivity contribution is 7.89. The Morgan fingerprint density at radius 3 is 2.52 bits per heavy atom. The molecule has 2 atom stereocenters. The molecule has 0 unspecified atom stereocenters. The van der Waals surface area contributed by atoms with Crippen LogP contribution in [0.15, 0.2) is 23.1 Å². The van der Waals surface area contributed by atoms with Crippen molar-refractivity contribution in [2.24, 2.45) is 17.0 Å². The predicted molar refractivity (Wildman–Crippen MR) is 100 cm³/mol. The summed E-state index contributed by atoms with van der Waals surface area (Å²) in [6.45, 7) is 3.99. The normalized spacial score (nSPS) is 23.7. The van der Waals surface area contributed by atoms with Crippen molar-refractivity contribution in [3.8, 4) is 5.75 Å². The maximum absolute atomic E-state index is 13.1. The number of primary sulfonamides is 1. The molecule has 1 aromatic carbocycles. The third-order valence-corrected chi connectivity index (χ3v) is 6.43.